The van der Waals surface area contributed by atoms with Crippen LogP contribution in [0.1, 0.15) is 33.3 Å². The van der Waals surface area contributed by atoms with Crippen LogP contribution in [-0.4, -0.2) is 34.5 Å². The fraction of sp³-hybridized carbons (Fsp3) is 0.333. The van der Waals surface area contributed by atoms with Gasteiger partial charge in [0.05, 0.1) is 0 Å². The number of nitrogens with zero attached hydrogens (tertiary/aromatic N) is 1. The van der Waals surface area contributed by atoms with Gasteiger partial charge in [0.2, 0.25) is 0 Å². The van der Waals surface area contributed by atoms with Crippen molar-refractivity contribution in [3.8, 4) is 0 Å². The van der Waals surface area contributed by atoms with E-state index in [0.717, 1.165) is 6.42 Å². The van der Waals surface area contributed by atoms with Crippen LogP contribution in [0, 0.1) is 6.92 Å². The summed E-state index contributed by atoms with van der Waals surface area (Å²) in [7, 11) is 0. The van der Waals surface area contributed by atoms with Gasteiger partial charge in [-0.15, -0.1) is 11.3 Å². The Morgan fingerprint density at radius 1 is 1.33 bits per heavy atom. The van der Waals surface area contributed by atoms with E-state index in [9.17, 15) is 14.7 Å². The standard InChI is InChI=1S/C18H20N2O3S/c1-11-14(4-3-5-15(11)19-17(22)12(2)21)18(23)20-8-6-16-13(10-20)7-9-24-16/h3-5,7,9,12,21H,6,8,10H2,1-2H3,(H,19,22). The topological polar surface area (TPSA) is 69.6 Å². The van der Waals surface area contributed by atoms with Crippen LogP contribution in [0.25, 0.3) is 0 Å². The molecule has 2 aromatic rings. The molecule has 5 nitrogen and oxygen atoms in total. The molecule has 0 aliphatic carbocycles. The SMILES string of the molecule is Cc1c(NC(=O)C(C)O)cccc1C(=O)N1CCc2sccc2C1. The third-order valence-corrected chi connectivity index (χ3v) is 5.32. The minimum Gasteiger partial charge on any atom is -0.384 e. The number of hydrogen-bond donors (Lipinski definition) is 2. The number of rotatable bonds is 3. The number of carbonyl (C=O) groups excluding carboxylic acids is 2. The Hall–Kier alpha value is -2.18. The Balaban J connectivity index is 1.82. The summed E-state index contributed by atoms with van der Waals surface area (Å²) in [6.07, 6.45) is -0.209. The van der Waals surface area contributed by atoms with Crippen LogP contribution < -0.4 is 5.32 Å². The van der Waals surface area contributed by atoms with Gasteiger partial charge in [0.1, 0.15) is 6.10 Å². The van der Waals surface area contributed by atoms with E-state index in [2.05, 4.69) is 16.8 Å². The fourth-order valence-corrected chi connectivity index (χ4v) is 3.72. The predicted octanol–water partition coefficient (Wildman–Crippen LogP) is 2.57. The highest BCUT2D eigenvalue weighted by Gasteiger charge is 2.24. The van der Waals surface area contributed by atoms with E-state index < -0.39 is 12.0 Å². The average Bonchev–Trinajstić information content (AvgIpc) is 3.03. The molecule has 0 saturated carbocycles. The smallest absolute Gasteiger partial charge is 0.254 e. The van der Waals surface area contributed by atoms with Crippen molar-refractivity contribution in [3.05, 3.63) is 51.2 Å². The number of benzene rings is 1. The molecule has 1 atom stereocenters. The largest absolute Gasteiger partial charge is 0.384 e. The summed E-state index contributed by atoms with van der Waals surface area (Å²) in [5.74, 6) is -0.513. The van der Waals surface area contributed by atoms with Crippen molar-refractivity contribution in [2.24, 2.45) is 0 Å². The first-order valence-corrected chi connectivity index (χ1v) is 8.78. The molecular formula is C18H20N2O3S. The van der Waals surface area contributed by atoms with Gasteiger partial charge in [0.25, 0.3) is 11.8 Å². The quantitative estimate of drug-likeness (QED) is 0.899. The molecule has 6 heteroatoms. The lowest BCUT2D eigenvalue weighted by Gasteiger charge is -2.28. The molecule has 1 aromatic carbocycles. The molecule has 1 aliphatic heterocycles. The highest BCUT2D eigenvalue weighted by molar-refractivity contribution is 7.10. The molecule has 1 aromatic heterocycles. The van der Waals surface area contributed by atoms with Gasteiger partial charge in [0.15, 0.2) is 0 Å². The van der Waals surface area contributed by atoms with E-state index in [4.69, 9.17) is 0 Å². The van der Waals surface area contributed by atoms with E-state index >= 15 is 0 Å². The number of hydrogen-bond acceptors (Lipinski definition) is 4. The summed E-state index contributed by atoms with van der Waals surface area (Å²) in [6.45, 7) is 4.55. The highest BCUT2D eigenvalue weighted by Crippen LogP contribution is 2.27. The predicted molar refractivity (Wildman–Crippen MR) is 94.3 cm³/mol. The monoisotopic (exact) mass is 344 g/mol. The van der Waals surface area contributed by atoms with Gasteiger partial charge in [-0.1, -0.05) is 6.07 Å². The first-order valence-electron chi connectivity index (χ1n) is 7.90. The second-order valence-corrected chi connectivity index (χ2v) is 6.99. The van der Waals surface area contributed by atoms with Crippen LogP contribution in [0.5, 0.6) is 0 Å². The fourth-order valence-electron chi connectivity index (χ4n) is 2.83. The molecule has 126 valence electrons. The van der Waals surface area contributed by atoms with Crippen molar-refractivity contribution in [3.63, 3.8) is 0 Å². The molecule has 2 heterocycles. The Morgan fingerprint density at radius 3 is 2.88 bits per heavy atom. The number of nitrogens with one attached hydrogen (secondary N) is 1. The molecule has 1 unspecified atom stereocenters. The molecule has 1 aliphatic rings. The summed E-state index contributed by atoms with van der Waals surface area (Å²) >= 11 is 1.74. The summed E-state index contributed by atoms with van der Waals surface area (Å²) in [5.41, 5.74) is 3.07. The maximum absolute atomic E-state index is 12.9. The second kappa shape index (κ2) is 6.75. The number of anilines is 1. The Bertz CT molecular complexity index is 782. The lowest BCUT2D eigenvalue weighted by molar-refractivity contribution is -0.123. The maximum Gasteiger partial charge on any atom is 0.254 e. The molecule has 0 fully saturated rings. The molecular weight excluding hydrogens is 324 g/mol. The van der Waals surface area contributed by atoms with E-state index in [1.807, 2.05) is 11.8 Å². The van der Waals surface area contributed by atoms with Crippen LogP contribution >= 0.6 is 11.3 Å². The summed E-state index contributed by atoms with van der Waals surface area (Å²) in [5, 5.41) is 14.1. The van der Waals surface area contributed by atoms with Crippen LogP contribution in [0.3, 0.4) is 0 Å². The summed E-state index contributed by atoms with van der Waals surface area (Å²) < 4.78 is 0. The molecule has 0 saturated heterocycles. The van der Waals surface area contributed by atoms with Crippen LogP contribution in [-0.2, 0) is 17.8 Å². The van der Waals surface area contributed by atoms with Crippen molar-refractivity contribution in [1.82, 2.24) is 4.90 Å². The zero-order valence-corrected chi connectivity index (χ0v) is 14.5. The minimum atomic E-state index is -1.09. The third-order valence-electron chi connectivity index (χ3n) is 4.30. The number of aliphatic hydroxyl groups is 1. The van der Waals surface area contributed by atoms with Crippen molar-refractivity contribution in [2.75, 3.05) is 11.9 Å². The molecule has 0 spiro atoms. The van der Waals surface area contributed by atoms with Gasteiger partial charge in [-0.25, -0.2) is 0 Å². The first-order chi connectivity index (χ1) is 11.5. The molecule has 24 heavy (non-hydrogen) atoms. The molecule has 3 rings (SSSR count). The summed E-state index contributed by atoms with van der Waals surface area (Å²) in [6, 6.07) is 7.34. The lowest BCUT2D eigenvalue weighted by atomic mass is 10.0. The lowest BCUT2D eigenvalue weighted by Crippen LogP contribution is -2.35. The molecule has 2 amide bonds. The van der Waals surface area contributed by atoms with Gasteiger partial charge in [-0.2, -0.15) is 0 Å². The number of thiophene rings is 1. The van der Waals surface area contributed by atoms with E-state index in [-0.39, 0.29) is 5.91 Å². The number of fused-ring (bicyclic) bond motifs is 1. The number of amides is 2. The number of aliphatic hydroxyl groups excluding tert-OH is 1. The normalized spacial score (nSPS) is 14.9. The molecule has 2 N–H and O–H groups in total. The van der Waals surface area contributed by atoms with Crippen LogP contribution in [0.2, 0.25) is 0 Å². The summed E-state index contributed by atoms with van der Waals surface area (Å²) in [4.78, 5) is 27.8. The Labute approximate surface area is 144 Å². The minimum absolute atomic E-state index is 0.0301. The Kier molecular flexibility index (Phi) is 4.69. The van der Waals surface area contributed by atoms with Crippen molar-refractivity contribution < 1.29 is 14.7 Å². The Morgan fingerprint density at radius 2 is 2.12 bits per heavy atom. The van der Waals surface area contributed by atoms with Gasteiger partial charge >= 0.3 is 0 Å². The van der Waals surface area contributed by atoms with Crippen LogP contribution in [0.15, 0.2) is 29.6 Å². The van der Waals surface area contributed by atoms with Crippen molar-refractivity contribution >= 4 is 28.8 Å². The molecule has 0 radical (unpaired) electrons. The first kappa shape index (κ1) is 16.7. The van der Waals surface area contributed by atoms with E-state index in [1.165, 1.54) is 17.4 Å². The van der Waals surface area contributed by atoms with Crippen LogP contribution in [0.4, 0.5) is 5.69 Å². The van der Waals surface area contributed by atoms with E-state index in [0.29, 0.717) is 29.9 Å². The zero-order valence-electron chi connectivity index (χ0n) is 13.7. The zero-order chi connectivity index (χ0) is 17.3. The number of carbonyl (C=O) groups is 2. The second-order valence-electron chi connectivity index (χ2n) is 5.99. The van der Waals surface area contributed by atoms with Crippen molar-refractivity contribution in [1.29, 1.82) is 0 Å². The highest BCUT2D eigenvalue weighted by atomic mass is 32.1. The van der Waals surface area contributed by atoms with Gasteiger partial charge in [-0.05, 0) is 55.0 Å². The average molecular weight is 344 g/mol. The van der Waals surface area contributed by atoms with E-state index in [1.54, 1.807) is 29.5 Å². The maximum atomic E-state index is 12.9. The van der Waals surface area contributed by atoms with Crippen molar-refractivity contribution in [2.45, 2.75) is 32.9 Å². The third kappa shape index (κ3) is 3.20. The van der Waals surface area contributed by atoms with Gasteiger partial charge in [0, 0.05) is 29.2 Å². The molecule has 0 bridgehead atoms. The van der Waals surface area contributed by atoms with Gasteiger partial charge < -0.3 is 15.3 Å². The van der Waals surface area contributed by atoms with Gasteiger partial charge in [-0.3, -0.25) is 9.59 Å².